The van der Waals surface area contributed by atoms with E-state index in [1.807, 2.05) is 0 Å². The van der Waals surface area contributed by atoms with Crippen LogP contribution in [-0.2, 0) is 12.3 Å². The minimum atomic E-state index is -2.74. The summed E-state index contributed by atoms with van der Waals surface area (Å²) in [6, 6.07) is 4.79. The minimum Gasteiger partial charge on any atom is -0.493 e. The Hall–Kier alpha value is -1.16. The zero-order valence-electron chi connectivity index (χ0n) is 9.51. The van der Waals surface area contributed by atoms with Gasteiger partial charge in [-0.1, -0.05) is 0 Å². The zero-order valence-corrected chi connectivity index (χ0v) is 9.51. The summed E-state index contributed by atoms with van der Waals surface area (Å²) in [5.41, 5.74) is 1.04. The summed E-state index contributed by atoms with van der Waals surface area (Å²) in [6.45, 7) is 1.70. The predicted octanol–water partition coefficient (Wildman–Crippen LogP) is 2.32. The molecule has 0 saturated carbocycles. The van der Waals surface area contributed by atoms with Crippen molar-refractivity contribution in [2.45, 2.75) is 18.8 Å². The highest BCUT2D eigenvalue weighted by Gasteiger charge is 2.42. The van der Waals surface area contributed by atoms with Gasteiger partial charge in [-0.05, 0) is 36.7 Å². The SMILES string of the molecule is FC(F)(c1ccc2c(c1)CCO2)C1CCNC1. The van der Waals surface area contributed by atoms with Crippen LogP contribution >= 0.6 is 0 Å². The van der Waals surface area contributed by atoms with Gasteiger partial charge in [-0.25, -0.2) is 8.78 Å². The van der Waals surface area contributed by atoms with E-state index >= 15 is 0 Å². The Balaban J connectivity index is 1.92. The summed E-state index contributed by atoms with van der Waals surface area (Å²) in [5.74, 6) is -2.56. The van der Waals surface area contributed by atoms with Crippen molar-refractivity contribution in [3.05, 3.63) is 29.3 Å². The molecule has 2 heterocycles. The van der Waals surface area contributed by atoms with Crippen LogP contribution in [0.25, 0.3) is 0 Å². The second-order valence-electron chi connectivity index (χ2n) is 4.73. The number of ether oxygens (including phenoxy) is 1. The first-order valence-electron chi connectivity index (χ1n) is 6.02. The van der Waals surface area contributed by atoms with E-state index in [1.165, 1.54) is 6.07 Å². The number of rotatable bonds is 2. The second-order valence-corrected chi connectivity index (χ2v) is 4.73. The van der Waals surface area contributed by atoms with Crippen LogP contribution in [0.4, 0.5) is 8.78 Å². The van der Waals surface area contributed by atoms with Crippen molar-refractivity contribution in [1.29, 1.82) is 0 Å². The van der Waals surface area contributed by atoms with Crippen LogP contribution in [0.15, 0.2) is 18.2 Å². The fourth-order valence-electron chi connectivity index (χ4n) is 2.59. The summed E-state index contributed by atoms with van der Waals surface area (Å²) in [6.07, 6.45) is 1.28. The van der Waals surface area contributed by atoms with Crippen molar-refractivity contribution in [2.24, 2.45) is 5.92 Å². The molecular formula is C13H15F2NO. The third kappa shape index (κ3) is 1.80. The van der Waals surface area contributed by atoms with E-state index in [2.05, 4.69) is 5.32 Å². The quantitative estimate of drug-likeness (QED) is 0.855. The lowest BCUT2D eigenvalue weighted by atomic mass is 9.92. The lowest BCUT2D eigenvalue weighted by Gasteiger charge is -2.23. The van der Waals surface area contributed by atoms with E-state index in [0.29, 0.717) is 26.1 Å². The number of nitrogens with one attached hydrogen (secondary N) is 1. The number of hydrogen-bond donors (Lipinski definition) is 1. The van der Waals surface area contributed by atoms with Gasteiger partial charge in [-0.3, -0.25) is 0 Å². The Labute approximate surface area is 99.0 Å². The fourth-order valence-corrected chi connectivity index (χ4v) is 2.59. The molecule has 2 aliphatic rings. The Bertz CT molecular complexity index is 427. The van der Waals surface area contributed by atoms with Crippen molar-refractivity contribution < 1.29 is 13.5 Å². The highest BCUT2D eigenvalue weighted by Crippen LogP contribution is 2.41. The number of halogens is 2. The average molecular weight is 239 g/mol. The van der Waals surface area contributed by atoms with Gasteiger partial charge in [0.1, 0.15) is 5.75 Å². The van der Waals surface area contributed by atoms with Crippen LogP contribution in [0.5, 0.6) is 5.75 Å². The zero-order chi connectivity index (χ0) is 11.9. The maximum Gasteiger partial charge on any atom is 0.277 e. The predicted molar refractivity (Wildman–Crippen MR) is 60.5 cm³/mol. The first-order valence-corrected chi connectivity index (χ1v) is 6.02. The third-order valence-corrected chi connectivity index (χ3v) is 3.65. The number of benzene rings is 1. The van der Waals surface area contributed by atoms with Crippen LogP contribution in [0.1, 0.15) is 17.5 Å². The molecule has 0 amide bonds. The topological polar surface area (TPSA) is 21.3 Å². The number of hydrogen-bond acceptors (Lipinski definition) is 2. The molecule has 1 aromatic rings. The van der Waals surface area contributed by atoms with Gasteiger partial charge in [0, 0.05) is 24.4 Å². The Morgan fingerprint density at radius 3 is 3.00 bits per heavy atom. The van der Waals surface area contributed by atoms with Crippen molar-refractivity contribution in [3.63, 3.8) is 0 Å². The first kappa shape index (κ1) is 11.0. The average Bonchev–Trinajstić information content (AvgIpc) is 2.99. The van der Waals surface area contributed by atoms with Gasteiger partial charge in [0.2, 0.25) is 0 Å². The molecule has 1 atom stereocenters. The van der Waals surface area contributed by atoms with Crippen molar-refractivity contribution in [3.8, 4) is 5.75 Å². The van der Waals surface area contributed by atoms with Crippen molar-refractivity contribution in [1.82, 2.24) is 5.32 Å². The third-order valence-electron chi connectivity index (χ3n) is 3.65. The van der Waals surface area contributed by atoms with E-state index in [-0.39, 0.29) is 5.56 Å². The number of fused-ring (bicyclic) bond motifs is 1. The standard InChI is InChI=1S/C13H15F2NO/c14-13(15,11-3-5-16-8-11)10-1-2-12-9(7-10)4-6-17-12/h1-2,7,11,16H,3-6,8H2. The molecule has 4 heteroatoms. The van der Waals surface area contributed by atoms with Crippen molar-refractivity contribution >= 4 is 0 Å². The van der Waals surface area contributed by atoms with E-state index in [4.69, 9.17) is 4.74 Å². The summed E-state index contributed by atoms with van der Waals surface area (Å²) < 4.78 is 33.8. The van der Waals surface area contributed by atoms with Gasteiger partial charge in [0.25, 0.3) is 5.92 Å². The number of alkyl halides is 2. The first-order chi connectivity index (χ1) is 8.18. The summed E-state index contributed by atoms with van der Waals surface area (Å²) in [7, 11) is 0. The maximum atomic E-state index is 14.2. The molecule has 1 saturated heterocycles. The van der Waals surface area contributed by atoms with E-state index in [1.54, 1.807) is 12.1 Å². The maximum absolute atomic E-state index is 14.2. The van der Waals surface area contributed by atoms with Crippen molar-refractivity contribution in [2.75, 3.05) is 19.7 Å². The summed E-state index contributed by atoms with van der Waals surface area (Å²) in [4.78, 5) is 0. The molecule has 0 aromatic heterocycles. The minimum absolute atomic E-state index is 0.135. The molecular weight excluding hydrogens is 224 g/mol. The van der Waals surface area contributed by atoms with Gasteiger partial charge in [-0.15, -0.1) is 0 Å². The van der Waals surface area contributed by atoms with Gasteiger partial charge in [-0.2, -0.15) is 0 Å². The van der Waals surface area contributed by atoms with Crippen LogP contribution < -0.4 is 10.1 Å². The molecule has 2 aliphatic heterocycles. The second kappa shape index (κ2) is 3.95. The largest absolute Gasteiger partial charge is 0.493 e. The van der Waals surface area contributed by atoms with Gasteiger partial charge in [0.15, 0.2) is 0 Å². The van der Waals surface area contributed by atoms with Crippen LogP contribution in [-0.4, -0.2) is 19.7 Å². The molecule has 3 rings (SSSR count). The van der Waals surface area contributed by atoms with E-state index in [9.17, 15) is 8.78 Å². The van der Waals surface area contributed by atoms with Gasteiger partial charge < -0.3 is 10.1 Å². The van der Waals surface area contributed by atoms with Crippen LogP contribution in [0, 0.1) is 5.92 Å². The molecule has 2 nitrogen and oxygen atoms in total. The van der Waals surface area contributed by atoms with E-state index in [0.717, 1.165) is 17.7 Å². The Kier molecular flexibility index (Phi) is 2.54. The molecule has 0 aliphatic carbocycles. The van der Waals surface area contributed by atoms with E-state index < -0.39 is 11.8 Å². The Morgan fingerprint density at radius 1 is 1.35 bits per heavy atom. The molecule has 0 radical (unpaired) electrons. The molecule has 0 spiro atoms. The highest BCUT2D eigenvalue weighted by atomic mass is 19.3. The molecule has 1 aromatic carbocycles. The molecule has 0 bridgehead atoms. The normalized spacial score (nSPS) is 23.5. The lowest BCUT2D eigenvalue weighted by molar-refractivity contribution is -0.0576. The molecule has 92 valence electrons. The van der Waals surface area contributed by atoms with Gasteiger partial charge >= 0.3 is 0 Å². The lowest BCUT2D eigenvalue weighted by Crippen LogP contribution is -2.27. The van der Waals surface area contributed by atoms with Gasteiger partial charge in [0.05, 0.1) is 6.61 Å². The molecule has 1 fully saturated rings. The molecule has 1 N–H and O–H groups in total. The highest BCUT2D eigenvalue weighted by molar-refractivity contribution is 5.41. The molecule has 17 heavy (non-hydrogen) atoms. The fraction of sp³-hybridized carbons (Fsp3) is 0.538. The smallest absolute Gasteiger partial charge is 0.277 e. The summed E-state index contributed by atoms with van der Waals surface area (Å²) >= 11 is 0. The van der Waals surface area contributed by atoms with Crippen LogP contribution in [0.3, 0.4) is 0 Å². The Morgan fingerprint density at radius 2 is 2.24 bits per heavy atom. The van der Waals surface area contributed by atoms with Crippen LogP contribution in [0.2, 0.25) is 0 Å². The monoisotopic (exact) mass is 239 g/mol. The molecule has 1 unspecified atom stereocenters. The summed E-state index contributed by atoms with van der Waals surface area (Å²) in [5, 5.41) is 3.00.